The molecule has 1 aliphatic rings. The molecule has 0 bridgehead atoms. The fourth-order valence-corrected chi connectivity index (χ4v) is 1.70. The molecule has 1 aliphatic carbocycles. The van der Waals surface area contributed by atoms with E-state index in [4.69, 9.17) is 9.84 Å². The van der Waals surface area contributed by atoms with E-state index >= 15 is 0 Å². The van der Waals surface area contributed by atoms with Crippen LogP contribution in [0.25, 0.3) is 0 Å². The number of halogens is 2. The zero-order chi connectivity index (χ0) is 12.6. The second-order valence-electron chi connectivity index (χ2n) is 4.06. The van der Waals surface area contributed by atoms with Crippen molar-refractivity contribution >= 4 is 5.97 Å². The van der Waals surface area contributed by atoms with Gasteiger partial charge in [0.05, 0.1) is 0 Å². The van der Waals surface area contributed by atoms with Crippen molar-refractivity contribution in [3.05, 3.63) is 29.8 Å². The van der Waals surface area contributed by atoms with Gasteiger partial charge in [-0.3, -0.25) is 0 Å². The first-order valence-corrected chi connectivity index (χ1v) is 4.98. The Balaban J connectivity index is 1.98. The van der Waals surface area contributed by atoms with Crippen LogP contribution in [0.3, 0.4) is 0 Å². The number of ether oxygens (including phenoxy) is 1. The standard InChI is InChI=1S/C11H10F2O4/c12-6-1-2-9(8(13)3-6)17-7-4-11(16,5-7)10(14)15/h1-3,7,16H,4-5H2,(H,14,15). The van der Waals surface area contributed by atoms with Gasteiger partial charge >= 0.3 is 5.97 Å². The quantitative estimate of drug-likeness (QED) is 0.841. The molecule has 1 aromatic carbocycles. The Morgan fingerprint density at radius 2 is 2.06 bits per heavy atom. The molecule has 0 atom stereocenters. The molecule has 2 rings (SSSR count). The lowest BCUT2D eigenvalue weighted by molar-refractivity contribution is -0.179. The molecule has 2 N–H and O–H groups in total. The van der Waals surface area contributed by atoms with E-state index in [-0.39, 0.29) is 18.6 Å². The van der Waals surface area contributed by atoms with E-state index in [0.29, 0.717) is 6.07 Å². The van der Waals surface area contributed by atoms with E-state index < -0.39 is 29.3 Å². The SMILES string of the molecule is O=C(O)C1(O)CC(Oc2ccc(F)cc2F)C1. The van der Waals surface area contributed by atoms with Crippen molar-refractivity contribution < 1.29 is 28.5 Å². The molecule has 0 heterocycles. The molecule has 4 nitrogen and oxygen atoms in total. The molecule has 1 aromatic rings. The van der Waals surface area contributed by atoms with Crippen LogP contribution in [0.1, 0.15) is 12.8 Å². The molecule has 1 saturated carbocycles. The van der Waals surface area contributed by atoms with Crippen molar-refractivity contribution in [3.8, 4) is 5.75 Å². The number of benzene rings is 1. The molecule has 0 spiro atoms. The fraction of sp³-hybridized carbons (Fsp3) is 0.364. The minimum absolute atomic E-state index is 0.112. The van der Waals surface area contributed by atoms with Crippen molar-refractivity contribution in [2.45, 2.75) is 24.5 Å². The number of hydrogen-bond donors (Lipinski definition) is 2. The second-order valence-corrected chi connectivity index (χ2v) is 4.06. The highest BCUT2D eigenvalue weighted by Gasteiger charge is 2.50. The Labute approximate surface area is 95.4 Å². The van der Waals surface area contributed by atoms with Crippen LogP contribution in [-0.2, 0) is 4.79 Å². The molecule has 0 unspecified atom stereocenters. The normalized spacial score (nSPS) is 27.4. The molecule has 92 valence electrons. The van der Waals surface area contributed by atoms with Crippen molar-refractivity contribution in [3.63, 3.8) is 0 Å². The maximum absolute atomic E-state index is 13.2. The largest absolute Gasteiger partial charge is 0.487 e. The molecule has 0 aliphatic heterocycles. The zero-order valence-electron chi connectivity index (χ0n) is 8.69. The molecule has 6 heteroatoms. The van der Waals surface area contributed by atoms with Crippen LogP contribution < -0.4 is 4.74 Å². The molecule has 17 heavy (non-hydrogen) atoms. The van der Waals surface area contributed by atoms with Crippen LogP contribution in [0, 0.1) is 11.6 Å². The van der Waals surface area contributed by atoms with Gasteiger partial charge in [0.15, 0.2) is 17.2 Å². The monoisotopic (exact) mass is 244 g/mol. The average molecular weight is 244 g/mol. The smallest absolute Gasteiger partial charge is 0.335 e. The second kappa shape index (κ2) is 3.96. The average Bonchev–Trinajstić information content (AvgIpc) is 2.19. The number of carboxylic acids is 1. The lowest BCUT2D eigenvalue weighted by Crippen LogP contribution is -2.55. The van der Waals surface area contributed by atoms with Crippen molar-refractivity contribution in [1.29, 1.82) is 0 Å². The number of carboxylic acid groups (broad SMARTS) is 1. The number of rotatable bonds is 3. The van der Waals surface area contributed by atoms with Crippen molar-refractivity contribution in [1.82, 2.24) is 0 Å². The summed E-state index contributed by atoms with van der Waals surface area (Å²) < 4.78 is 30.9. The maximum Gasteiger partial charge on any atom is 0.335 e. The fourth-order valence-electron chi connectivity index (χ4n) is 1.70. The first-order chi connectivity index (χ1) is 7.90. The number of aliphatic hydroxyl groups is 1. The third-order valence-electron chi connectivity index (χ3n) is 2.72. The van der Waals surface area contributed by atoms with Gasteiger partial charge in [0.1, 0.15) is 11.9 Å². The van der Waals surface area contributed by atoms with E-state index in [2.05, 4.69) is 0 Å². The zero-order valence-corrected chi connectivity index (χ0v) is 8.69. The van der Waals surface area contributed by atoms with Crippen LogP contribution in [0.5, 0.6) is 5.75 Å². The summed E-state index contributed by atoms with van der Waals surface area (Å²) in [6.07, 6.45) is -0.797. The number of aliphatic carboxylic acids is 1. The predicted molar refractivity (Wildman–Crippen MR) is 52.6 cm³/mol. The van der Waals surface area contributed by atoms with E-state index in [1.165, 1.54) is 0 Å². The minimum Gasteiger partial charge on any atom is -0.487 e. The highest BCUT2D eigenvalue weighted by Crippen LogP contribution is 2.36. The molecular formula is C11H10F2O4. The Morgan fingerprint density at radius 3 is 2.59 bits per heavy atom. The number of hydrogen-bond acceptors (Lipinski definition) is 3. The maximum atomic E-state index is 13.2. The molecule has 0 saturated heterocycles. The van der Waals surface area contributed by atoms with Gasteiger partial charge in [0, 0.05) is 18.9 Å². The third kappa shape index (κ3) is 2.21. The highest BCUT2D eigenvalue weighted by molar-refractivity contribution is 5.78. The summed E-state index contributed by atoms with van der Waals surface area (Å²) in [7, 11) is 0. The lowest BCUT2D eigenvalue weighted by Gasteiger charge is -2.39. The Hall–Kier alpha value is -1.69. The van der Waals surface area contributed by atoms with Gasteiger partial charge in [-0.2, -0.15) is 0 Å². The lowest BCUT2D eigenvalue weighted by atomic mass is 9.77. The summed E-state index contributed by atoms with van der Waals surface area (Å²) >= 11 is 0. The Morgan fingerprint density at radius 1 is 1.41 bits per heavy atom. The van der Waals surface area contributed by atoms with Crippen LogP contribution in [-0.4, -0.2) is 27.9 Å². The van der Waals surface area contributed by atoms with Gasteiger partial charge in [-0.1, -0.05) is 0 Å². The summed E-state index contributed by atoms with van der Waals surface area (Å²) in [6.45, 7) is 0. The summed E-state index contributed by atoms with van der Waals surface area (Å²) in [5.74, 6) is -3.04. The number of carbonyl (C=O) groups is 1. The third-order valence-corrected chi connectivity index (χ3v) is 2.72. The van der Waals surface area contributed by atoms with Crippen LogP contribution in [0.4, 0.5) is 8.78 Å². The van der Waals surface area contributed by atoms with Crippen LogP contribution >= 0.6 is 0 Å². The van der Waals surface area contributed by atoms with Gasteiger partial charge < -0.3 is 14.9 Å². The first kappa shape index (κ1) is 11.8. The first-order valence-electron chi connectivity index (χ1n) is 4.98. The van der Waals surface area contributed by atoms with Crippen molar-refractivity contribution in [2.75, 3.05) is 0 Å². The predicted octanol–water partition coefficient (Wildman–Crippen LogP) is 1.32. The van der Waals surface area contributed by atoms with Gasteiger partial charge in [-0.05, 0) is 12.1 Å². The summed E-state index contributed by atoms with van der Waals surface area (Å²) in [5, 5.41) is 18.1. The van der Waals surface area contributed by atoms with Gasteiger partial charge in [-0.15, -0.1) is 0 Å². The summed E-state index contributed by atoms with van der Waals surface area (Å²) in [5.41, 5.74) is -1.79. The van der Waals surface area contributed by atoms with Gasteiger partial charge in [0.2, 0.25) is 0 Å². The van der Waals surface area contributed by atoms with E-state index in [1.54, 1.807) is 0 Å². The van der Waals surface area contributed by atoms with Crippen molar-refractivity contribution in [2.24, 2.45) is 0 Å². The molecule has 0 amide bonds. The molecule has 1 fully saturated rings. The molecule has 0 aromatic heterocycles. The molecule has 0 radical (unpaired) electrons. The van der Waals surface area contributed by atoms with E-state index in [1.807, 2.05) is 0 Å². The van der Waals surface area contributed by atoms with E-state index in [0.717, 1.165) is 12.1 Å². The molecular weight excluding hydrogens is 234 g/mol. The van der Waals surface area contributed by atoms with Crippen LogP contribution in [0.15, 0.2) is 18.2 Å². The summed E-state index contributed by atoms with van der Waals surface area (Å²) in [6, 6.07) is 2.85. The van der Waals surface area contributed by atoms with E-state index in [9.17, 15) is 18.7 Å². The van der Waals surface area contributed by atoms with Gasteiger partial charge in [0.25, 0.3) is 0 Å². The van der Waals surface area contributed by atoms with Crippen LogP contribution in [0.2, 0.25) is 0 Å². The highest BCUT2D eigenvalue weighted by atomic mass is 19.1. The minimum atomic E-state index is -1.79. The summed E-state index contributed by atoms with van der Waals surface area (Å²) in [4.78, 5) is 10.6. The Bertz CT molecular complexity index is 455. The Kier molecular flexibility index (Phi) is 2.74. The van der Waals surface area contributed by atoms with Gasteiger partial charge in [-0.25, -0.2) is 13.6 Å². The topological polar surface area (TPSA) is 66.8 Å².